The quantitative estimate of drug-likeness (QED) is 0.728. The van der Waals surface area contributed by atoms with Crippen LogP contribution in [0.2, 0.25) is 0 Å². The van der Waals surface area contributed by atoms with Crippen molar-refractivity contribution in [3.05, 3.63) is 46.2 Å². The Labute approximate surface area is 123 Å². The molecule has 1 aromatic carbocycles. The van der Waals surface area contributed by atoms with Crippen LogP contribution in [0.5, 0.6) is 0 Å². The monoisotopic (exact) mass is 302 g/mol. The molecule has 5 nitrogen and oxygen atoms in total. The summed E-state index contributed by atoms with van der Waals surface area (Å²) in [5, 5.41) is 5.22. The van der Waals surface area contributed by atoms with Crippen molar-refractivity contribution >= 4 is 39.4 Å². The first kappa shape index (κ1) is 12.8. The molecule has 3 aromatic rings. The minimum absolute atomic E-state index is 0.189. The van der Waals surface area contributed by atoms with Gasteiger partial charge in [0.05, 0.1) is 17.4 Å². The molecule has 0 unspecified atom stereocenters. The molecular weight excluding hydrogens is 292 g/mol. The summed E-state index contributed by atoms with van der Waals surface area (Å²) < 4.78 is 0. The van der Waals surface area contributed by atoms with E-state index >= 15 is 0 Å². The number of rotatable bonds is 3. The molecule has 7 heteroatoms. The summed E-state index contributed by atoms with van der Waals surface area (Å²) in [7, 11) is 0. The first-order valence-electron chi connectivity index (χ1n) is 5.73. The van der Waals surface area contributed by atoms with Gasteiger partial charge >= 0.3 is 0 Å². The van der Waals surface area contributed by atoms with Crippen LogP contribution in [0.3, 0.4) is 0 Å². The zero-order valence-electron chi connectivity index (χ0n) is 10.2. The Morgan fingerprint density at radius 2 is 2.00 bits per heavy atom. The Balaban J connectivity index is 1.77. The number of nitrogens with zero attached hydrogens (tertiary/aromatic N) is 2. The van der Waals surface area contributed by atoms with Crippen molar-refractivity contribution in [3.8, 4) is 11.3 Å². The average Bonchev–Trinajstić information content (AvgIpc) is 3.10. The third-order valence-electron chi connectivity index (χ3n) is 2.59. The van der Waals surface area contributed by atoms with E-state index in [1.54, 1.807) is 5.51 Å². The zero-order valence-corrected chi connectivity index (χ0v) is 11.9. The van der Waals surface area contributed by atoms with Crippen LogP contribution in [0.25, 0.3) is 11.3 Å². The molecule has 0 spiro atoms. The van der Waals surface area contributed by atoms with Crippen molar-refractivity contribution in [2.75, 3.05) is 11.1 Å². The van der Waals surface area contributed by atoms with Gasteiger partial charge in [-0.2, -0.15) is 0 Å². The molecule has 0 atom stereocenters. The van der Waals surface area contributed by atoms with E-state index in [2.05, 4.69) is 15.3 Å². The minimum atomic E-state index is -0.189. The standard InChI is InChI=1S/C13H10N4OS2/c14-9-3-1-8(2-4-9)10-6-19-13(16-10)17-12(18)11-5-15-7-20-11/h1-7H,14H2,(H,16,17,18). The predicted octanol–water partition coefficient (Wildman–Crippen LogP) is 3.10. The van der Waals surface area contributed by atoms with Crippen LogP contribution in [0.4, 0.5) is 10.8 Å². The van der Waals surface area contributed by atoms with Gasteiger partial charge < -0.3 is 5.73 Å². The first-order chi connectivity index (χ1) is 9.72. The summed E-state index contributed by atoms with van der Waals surface area (Å²) in [5.41, 5.74) is 9.76. The van der Waals surface area contributed by atoms with Crippen LogP contribution in [0.1, 0.15) is 9.67 Å². The van der Waals surface area contributed by atoms with E-state index in [9.17, 15) is 4.79 Å². The molecule has 1 amide bonds. The number of nitrogens with one attached hydrogen (secondary N) is 1. The van der Waals surface area contributed by atoms with Crippen LogP contribution < -0.4 is 11.1 Å². The van der Waals surface area contributed by atoms with Crippen molar-refractivity contribution in [1.29, 1.82) is 0 Å². The van der Waals surface area contributed by atoms with Gasteiger partial charge in [-0.3, -0.25) is 15.1 Å². The maximum absolute atomic E-state index is 11.9. The Bertz CT molecular complexity index is 719. The Hall–Kier alpha value is -2.25. The smallest absolute Gasteiger partial charge is 0.269 e. The van der Waals surface area contributed by atoms with Gasteiger partial charge in [-0.1, -0.05) is 12.1 Å². The topological polar surface area (TPSA) is 80.9 Å². The zero-order chi connectivity index (χ0) is 13.9. The summed E-state index contributed by atoms with van der Waals surface area (Å²) in [6, 6.07) is 7.45. The lowest BCUT2D eigenvalue weighted by Gasteiger charge is -1.98. The number of aromatic nitrogens is 2. The molecule has 3 N–H and O–H groups in total. The van der Waals surface area contributed by atoms with Crippen molar-refractivity contribution in [3.63, 3.8) is 0 Å². The lowest BCUT2D eigenvalue weighted by Crippen LogP contribution is -2.09. The molecular formula is C13H10N4OS2. The summed E-state index contributed by atoms with van der Waals surface area (Å²) in [4.78, 5) is 20.7. The van der Waals surface area contributed by atoms with Crippen LogP contribution in [-0.4, -0.2) is 15.9 Å². The number of nitrogen functional groups attached to an aromatic ring is 1. The van der Waals surface area contributed by atoms with Crippen molar-refractivity contribution in [2.45, 2.75) is 0 Å². The fourth-order valence-electron chi connectivity index (χ4n) is 1.60. The van der Waals surface area contributed by atoms with Crippen LogP contribution >= 0.6 is 22.7 Å². The van der Waals surface area contributed by atoms with E-state index < -0.39 is 0 Å². The molecule has 2 aromatic heterocycles. The number of hydrogen-bond donors (Lipinski definition) is 2. The Morgan fingerprint density at radius 1 is 1.20 bits per heavy atom. The van der Waals surface area contributed by atoms with E-state index in [1.807, 2.05) is 29.6 Å². The molecule has 0 radical (unpaired) electrons. The van der Waals surface area contributed by atoms with Crippen LogP contribution in [0.15, 0.2) is 41.4 Å². The highest BCUT2D eigenvalue weighted by Crippen LogP contribution is 2.26. The summed E-state index contributed by atoms with van der Waals surface area (Å²) in [6.07, 6.45) is 1.54. The van der Waals surface area contributed by atoms with Gasteiger partial charge in [-0.15, -0.1) is 22.7 Å². The number of anilines is 2. The molecule has 20 heavy (non-hydrogen) atoms. The number of hydrogen-bond acceptors (Lipinski definition) is 6. The Morgan fingerprint density at radius 3 is 2.70 bits per heavy atom. The largest absolute Gasteiger partial charge is 0.399 e. The van der Waals surface area contributed by atoms with E-state index in [-0.39, 0.29) is 5.91 Å². The number of carbonyl (C=O) groups excluding carboxylic acids is 1. The molecule has 0 aliphatic carbocycles. The highest BCUT2D eigenvalue weighted by atomic mass is 32.1. The lowest BCUT2D eigenvalue weighted by atomic mass is 10.1. The van der Waals surface area contributed by atoms with Gasteiger partial charge in [0.1, 0.15) is 4.88 Å². The number of amides is 1. The van der Waals surface area contributed by atoms with E-state index in [4.69, 9.17) is 5.73 Å². The highest BCUT2D eigenvalue weighted by molar-refractivity contribution is 7.14. The molecule has 2 heterocycles. The van der Waals surface area contributed by atoms with Gasteiger partial charge in [-0.05, 0) is 12.1 Å². The number of nitrogens with two attached hydrogens (primary N) is 1. The normalized spacial score (nSPS) is 10.4. The molecule has 0 aliphatic heterocycles. The van der Waals surface area contributed by atoms with E-state index in [0.29, 0.717) is 15.7 Å². The predicted molar refractivity (Wildman–Crippen MR) is 82.0 cm³/mol. The molecule has 0 aliphatic rings. The van der Waals surface area contributed by atoms with Gasteiger partial charge in [-0.25, -0.2) is 4.98 Å². The van der Waals surface area contributed by atoms with Crippen molar-refractivity contribution in [2.24, 2.45) is 0 Å². The van der Waals surface area contributed by atoms with Gasteiger partial charge in [0.15, 0.2) is 5.13 Å². The molecule has 0 saturated heterocycles. The minimum Gasteiger partial charge on any atom is -0.399 e. The molecule has 100 valence electrons. The number of carbonyl (C=O) groups is 1. The second-order valence-corrected chi connectivity index (χ2v) is 5.72. The van der Waals surface area contributed by atoms with Crippen molar-refractivity contribution < 1.29 is 4.79 Å². The Kier molecular flexibility index (Phi) is 3.44. The molecule has 0 saturated carbocycles. The number of benzene rings is 1. The summed E-state index contributed by atoms with van der Waals surface area (Å²) in [6.45, 7) is 0. The SMILES string of the molecule is Nc1ccc(-c2csc(NC(=O)c3cncs3)n2)cc1. The third-order valence-corrected chi connectivity index (χ3v) is 4.12. The molecule has 3 rings (SSSR count). The maximum atomic E-state index is 11.9. The first-order valence-corrected chi connectivity index (χ1v) is 7.49. The van der Waals surface area contributed by atoms with E-state index in [0.717, 1.165) is 11.3 Å². The lowest BCUT2D eigenvalue weighted by molar-refractivity contribution is 0.103. The van der Waals surface area contributed by atoms with Crippen LogP contribution in [-0.2, 0) is 0 Å². The van der Waals surface area contributed by atoms with Crippen LogP contribution in [0, 0.1) is 0 Å². The fraction of sp³-hybridized carbons (Fsp3) is 0. The third kappa shape index (κ3) is 2.68. The summed E-state index contributed by atoms with van der Waals surface area (Å²) >= 11 is 2.68. The second kappa shape index (κ2) is 5.40. The van der Waals surface area contributed by atoms with Gasteiger partial charge in [0.2, 0.25) is 0 Å². The average molecular weight is 302 g/mol. The molecule has 0 fully saturated rings. The van der Waals surface area contributed by atoms with Gasteiger partial charge in [0, 0.05) is 16.6 Å². The summed E-state index contributed by atoms with van der Waals surface area (Å²) in [5.74, 6) is -0.189. The van der Waals surface area contributed by atoms with E-state index in [1.165, 1.54) is 28.9 Å². The highest BCUT2D eigenvalue weighted by Gasteiger charge is 2.11. The fourth-order valence-corrected chi connectivity index (χ4v) is 2.83. The van der Waals surface area contributed by atoms with Crippen molar-refractivity contribution in [1.82, 2.24) is 9.97 Å². The molecule has 0 bridgehead atoms. The number of thiazole rings is 2. The second-order valence-electron chi connectivity index (χ2n) is 3.98. The maximum Gasteiger partial charge on any atom is 0.269 e. The van der Waals surface area contributed by atoms with Gasteiger partial charge in [0.25, 0.3) is 5.91 Å².